The van der Waals surface area contributed by atoms with Crippen molar-refractivity contribution in [3.63, 3.8) is 0 Å². The Morgan fingerprint density at radius 3 is 2.63 bits per heavy atom. The third-order valence-electron chi connectivity index (χ3n) is 4.01. The van der Waals surface area contributed by atoms with E-state index in [-0.39, 0.29) is 11.7 Å². The van der Waals surface area contributed by atoms with Crippen molar-refractivity contribution in [3.05, 3.63) is 52.9 Å². The topological polar surface area (TPSA) is 65.4 Å². The minimum absolute atomic E-state index is 0.0723. The summed E-state index contributed by atoms with van der Waals surface area (Å²) < 4.78 is 35.4. The number of rotatable bonds is 9. The molecule has 6 nitrogen and oxygen atoms in total. The lowest BCUT2D eigenvalue weighted by molar-refractivity contribution is -0.116. The van der Waals surface area contributed by atoms with Crippen LogP contribution in [0.5, 0.6) is 5.75 Å². The average Bonchev–Trinajstić information content (AvgIpc) is 2.90. The van der Waals surface area contributed by atoms with Crippen LogP contribution in [0.4, 0.5) is 8.78 Å². The van der Waals surface area contributed by atoms with E-state index in [1.807, 2.05) is 18.5 Å². The molecule has 2 aromatic rings. The quantitative estimate of drug-likeness (QED) is 0.680. The maximum atomic E-state index is 12.1. The van der Waals surface area contributed by atoms with Crippen molar-refractivity contribution in [2.75, 3.05) is 13.7 Å². The fraction of sp³-hybridized carbons (Fsp3) is 0.368. The van der Waals surface area contributed by atoms with Crippen molar-refractivity contribution >= 4 is 12.0 Å². The van der Waals surface area contributed by atoms with Gasteiger partial charge in [0.1, 0.15) is 5.75 Å². The summed E-state index contributed by atoms with van der Waals surface area (Å²) in [4.78, 5) is 12.0. The summed E-state index contributed by atoms with van der Waals surface area (Å²) in [6.45, 7) is 2.59. The summed E-state index contributed by atoms with van der Waals surface area (Å²) in [5.74, 6) is -0.186. The number of aryl methyl sites for hydroxylation is 1. The minimum atomic E-state index is -2.86. The molecule has 0 aliphatic heterocycles. The van der Waals surface area contributed by atoms with Gasteiger partial charge in [-0.2, -0.15) is 13.9 Å². The van der Waals surface area contributed by atoms with E-state index in [2.05, 4.69) is 15.2 Å². The Labute approximate surface area is 156 Å². The molecule has 0 fully saturated rings. The highest BCUT2D eigenvalue weighted by atomic mass is 19.3. The number of methoxy groups -OCH3 is 1. The van der Waals surface area contributed by atoms with E-state index >= 15 is 0 Å². The Morgan fingerprint density at radius 1 is 1.30 bits per heavy atom. The average molecular weight is 379 g/mol. The summed E-state index contributed by atoms with van der Waals surface area (Å²) in [5, 5.41) is 7.27. The Bertz CT molecular complexity index is 786. The van der Waals surface area contributed by atoms with Gasteiger partial charge >= 0.3 is 6.61 Å². The molecular weight excluding hydrogens is 356 g/mol. The van der Waals surface area contributed by atoms with Gasteiger partial charge in [-0.1, -0.05) is 12.1 Å². The summed E-state index contributed by atoms with van der Waals surface area (Å²) in [5.41, 5.74) is 3.53. The third-order valence-corrected chi connectivity index (χ3v) is 4.01. The number of amides is 1. The summed E-state index contributed by atoms with van der Waals surface area (Å²) >= 11 is 0. The van der Waals surface area contributed by atoms with Gasteiger partial charge in [0.05, 0.1) is 18.8 Å². The second kappa shape index (κ2) is 9.82. The lowest BCUT2D eigenvalue weighted by Crippen LogP contribution is -2.21. The molecule has 0 saturated heterocycles. The molecule has 27 heavy (non-hydrogen) atoms. The maximum absolute atomic E-state index is 12.1. The molecule has 1 heterocycles. The van der Waals surface area contributed by atoms with Gasteiger partial charge in [0.2, 0.25) is 5.91 Å². The molecule has 1 amide bonds. The van der Waals surface area contributed by atoms with Gasteiger partial charge in [-0.15, -0.1) is 0 Å². The molecule has 0 saturated carbocycles. The van der Waals surface area contributed by atoms with Crippen LogP contribution in [0.25, 0.3) is 6.08 Å². The number of hydrogen-bond acceptors (Lipinski definition) is 4. The molecule has 0 aliphatic rings. The zero-order valence-corrected chi connectivity index (χ0v) is 15.5. The van der Waals surface area contributed by atoms with E-state index in [1.165, 1.54) is 18.2 Å². The van der Waals surface area contributed by atoms with E-state index in [4.69, 9.17) is 4.74 Å². The summed E-state index contributed by atoms with van der Waals surface area (Å²) in [6, 6.07) is 6.03. The van der Waals surface area contributed by atoms with E-state index in [1.54, 1.807) is 25.3 Å². The fourth-order valence-corrected chi connectivity index (χ4v) is 2.55. The number of halogens is 2. The second-order valence-electron chi connectivity index (χ2n) is 5.86. The molecule has 0 atom stereocenters. The van der Waals surface area contributed by atoms with Crippen molar-refractivity contribution in [1.29, 1.82) is 0 Å². The lowest BCUT2D eigenvalue weighted by atomic mass is 10.2. The van der Waals surface area contributed by atoms with Gasteiger partial charge in [0, 0.05) is 31.0 Å². The summed E-state index contributed by atoms with van der Waals surface area (Å²) in [6.07, 6.45) is 2.99. The molecule has 0 bridgehead atoms. The Hall–Kier alpha value is -2.74. The van der Waals surface area contributed by atoms with Gasteiger partial charge in [0.15, 0.2) is 0 Å². The van der Waals surface area contributed by atoms with Crippen LogP contribution in [0.15, 0.2) is 30.3 Å². The highest BCUT2D eigenvalue weighted by Crippen LogP contribution is 2.16. The number of alkyl halides is 2. The first kappa shape index (κ1) is 20.6. The number of nitrogens with one attached hydrogen (secondary N) is 1. The van der Waals surface area contributed by atoms with Crippen molar-refractivity contribution < 1.29 is 23.0 Å². The summed E-state index contributed by atoms with van der Waals surface area (Å²) in [7, 11) is 1.64. The molecule has 8 heteroatoms. The SMILES string of the molecule is COCCn1nc(C)c(CNC(=O)/C=C/c2ccc(OC(F)F)cc2)c1C. The van der Waals surface area contributed by atoms with Crippen LogP contribution in [0.3, 0.4) is 0 Å². The number of aromatic nitrogens is 2. The molecule has 0 aliphatic carbocycles. The van der Waals surface area contributed by atoms with Crippen LogP contribution in [0, 0.1) is 13.8 Å². The van der Waals surface area contributed by atoms with Crippen molar-refractivity contribution in [2.24, 2.45) is 0 Å². The highest BCUT2D eigenvalue weighted by Gasteiger charge is 2.11. The van der Waals surface area contributed by atoms with Crippen LogP contribution in [0.2, 0.25) is 0 Å². The normalized spacial score (nSPS) is 11.3. The molecule has 2 rings (SSSR count). The van der Waals surface area contributed by atoms with Gasteiger partial charge in [-0.3, -0.25) is 9.48 Å². The maximum Gasteiger partial charge on any atom is 0.387 e. The first-order chi connectivity index (χ1) is 12.9. The number of nitrogens with zero attached hydrogens (tertiary/aromatic N) is 2. The zero-order valence-electron chi connectivity index (χ0n) is 15.5. The Kier molecular flexibility index (Phi) is 7.48. The number of ether oxygens (including phenoxy) is 2. The van der Waals surface area contributed by atoms with Crippen LogP contribution < -0.4 is 10.1 Å². The van der Waals surface area contributed by atoms with Crippen LogP contribution in [-0.2, 0) is 22.6 Å². The molecule has 1 N–H and O–H groups in total. The first-order valence-corrected chi connectivity index (χ1v) is 8.43. The lowest BCUT2D eigenvalue weighted by Gasteiger charge is -2.06. The first-order valence-electron chi connectivity index (χ1n) is 8.43. The van der Waals surface area contributed by atoms with E-state index < -0.39 is 6.61 Å². The predicted molar refractivity (Wildman–Crippen MR) is 97.5 cm³/mol. The van der Waals surface area contributed by atoms with E-state index in [9.17, 15) is 13.6 Å². The monoisotopic (exact) mass is 379 g/mol. The van der Waals surface area contributed by atoms with E-state index in [0.717, 1.165) is 17.0 Å². The van der Waals surface area contributed by atoms with Crippen LogP contribution in [-0.4, -0.2) is 36.0 Å². The van der Waals surface area contributed by atoms with Crippen molar-refractivity contribution in [3.8, 4) is 5.75 Å². The van der Waals surface area contributed by atoms with Gasteiger partial charge in [-0.25, -0.2) is 0 Å². The molecule has 146 valence electrons. The van der Waals surface area contributed by atoms with Gasteiger partial charge in [0.25, 0.3) is 0 Å². The van der Waals surface area contributed by atoms with Gasteiger partial charge < -0.3 is 14.8 Å². The Morgan fingerprint density at radius 2 is 2.00 bits per heavy atom. The third kappa shape index (κ3) is 6.18. The Balaban J connectivity index is 1.90. The highest BCUT2D eigenvalue weighted by molar-refractivity contribution is 5.91. The molecule has 1 aromatic carbocycles. The molecule has 0 unspecified atom stereocenters. The minimum Gasteiger partial charge on any atom is -0.435 e. The predicted octanol–water partition coefficient (Wildman–Crippen LogP) is 3.08. The van der Waals surface area contributed by atoms with Crippen molar-refractivity contribution in [1.82, 2.24) is 15.1 Å². The van der Waals surface area contributed by atoms with Crippen LogP contribution >= 0.6 is 0 Å². The standard InChI is InChI=1S/C19H23F2N3O3/c1-13-17(14(2)24(23-13)10-11-26-3)12-22-18(25)9-6-15-4-7-16(8-5-15)27-19(20)21/h4-9,19H,10-12H2,1-3H3,(H,22,25)/b9-6+. The number of carbonyl (C=O) groups is 1. The second-order valence-corrected chi connectivity index (χ2v) is 5.86. The number of hydrogen-bond donors (Lipinski definition) is 1. The fourth-order valence-electron chi connectivity index (χ4n) is 2.55. The largest absolute Gasteiger partial charge is 0.435 e. The number of carbonyl (C=O) groups excluding carboxylic acids is 1. The zero-order chi connectivity index (χ0) is 19.8. The van der Waals surface area contributed by atoms with Gasteiger partial charge in [-0.05, 0) is 37.6 Å². The molecule has 0 radical (unpaired) electrons. The molecular formula is C19H23F2N3O3. The molecule has 1 aromatic heterocycles. The van der Waals surface area contributed by atoms with E-state index in [0.29, 0.717) is 25.3 Å². The van der Waals surface area contributed by atoms with Crippen LogP contribution in [0.1, 0.15) is 22.5 Å². The van der Waals surface area contributed by atoms with Crippen molar-refractivity contribution in [2.45, 2.75) is 33.5 Å². The molecule has 0 spiro atoms. The number of benzene rings is 1. The smallest absolute Gasteiger partial charge is 0.387 e.